The van der Waals surface area contributed by atoms with Crippen molar-refractivity contribution in [3.8, 4) is 0 Å². The molecule has 1 rings (SSSR count). The number of aliphatic hydroxyl groups excluding tert-OH is 1. The highest BCUT2D eigenvalue weighted by atomic mass is 35.5. The Balaban J connectivity index is 2.30. The lowest BCUT2D eigenvalue weighted by atomic mass is 10.3. The van der Waals surface area contributed by atoms with Gasteiger partial charge in [0, 0.05) is 11.9 Å². The Kier molecular flexibility index (Phi) is 6.32. The molecular formula is C11H14ClNO3S. The fraction of sp³-hybridized carbons (Fsp3) is 0.455. The SMILES string of the molecule is CCOC(=O)CC(O)CSc1ccc(Cl)cn1. The van der Waals surface area contributed by atoms with E-state index in [1.54, 1.807) is 25.3 Å². The van der Waals surface area contributed by atoms with E-state index in [2.05, 4.69) is 4.98 Å². The molecule has 0 radical (unpaired) electrons. The maximum Gasteiger partial charge on any atom is 0.308 e. The number of carbonyl (C=O) groups is 1. The largest absolute Gasteiger partial charge is 0.466 e. The first kappa shape index (κ1) is 14.3. The summed E-state index contributed by atoms with van der Waals surface area (Å²) >= 11 is 7.07. The molecule has 0 spiro atoms. The molecule has 0 amide bonds. The number of hydrogen-bond acceptors (Lipinski definition) is 5. The van der Waals surface area contributed by atoms with Gasteiger partial charge in [0.15, 0.2) is 0 Å². The summed E-state index contributed by atoms with van der Waals surface area (Å²) < 4.78 is 4.74. The summed E-state index contributed by atoms with van der Waals surface area (Å²) in [6.07, 6.45) is 0.826. The predicted molar refractivity (Wildman–Crippen MR) is 67.2 cm³/mol. The van der Waals surface area contributed by atoms with E-state index in [-0.39, 0.29) is 12.4 Å². The quantitative estimate of drug-likeness (QED) is 0.637. The van der Waals surface area contributed by atoms with Crippen molar-refractivity contribution in [2.75, 3.05) is 12.4 Å². The number of rotatable bonds is 6. The van der Waals surface area contributed by atoms with Crippen molar-refractivity contribution in [1.82, 2.24) is 4.98 Å². The van der Waals surface area contributed by atoms with Gasteiger partial charge in [-0.1, -0.05) is 11.6 Å². The second-order valence-electron chi connectivity index (χ2n) is 3.29. The molecule has 1 unspecified atom stereocenters. The number of thioether (sulfide) groups is 1. The molecule has 0 fully saturated rings. The van der Waals surface area contributed by atoms with Crippen molar-refractivity contribution in [2.45, 2.75) is 24.5 Å². The minimum absolute atomic E-state index is 0.00836. The summed E-state index contributed by atoms with van der Waals surface area (Å²) in [6.45, 7) is 2.06. The summed E-state index contributed by atoms with van der Waals surface area (Å²) in [5, 5.41) is 10.9. The highest BCUT2D eigenvalue weighted by Crippen LogP contribution is 2.18. The van der Waals surface area contributed by atoms with Crippen LogP contribution in [0.3, 0.4) is 0 Å². The van der Waals surface area contributed by atoms with Gasteiger partial charge in [0.1, 0.15) is 0 Å². The van der Waals surface area contributed by atoms with E-state index in [1.165, 1.54) is 11.8 Å². The lowest BCUT2D eigenvalue weighted by Gasteiger charge is -2.08. The van der Waals surface area contributed by atoms with Crippen LogP contribution in [0.4, 0.5) is 0 Å². The van der Waals surface area contributed by atoms with Gasteiger partial charge in [-0.2, -0.15) is 0 Å². The number of halogens is 1. The molecule has 94 valence electrons. The molecule has 17 heavy (non-hydrogen) atoms. The van der Waals surface area contributed by atoms with Gasteiger partial charge in [-0.3, -0.25) is 4.79 Å². The molecule has 6 heteroatoms. The Hall–Kier alpha value is -0.780. The van der Waals surface area contributed by atoms with Crippen LogP contribution in [0.5, 0.6) is 0 Å². The van der Waals surface area contributed by atoms with E-state index >= 15 is 0 Å². The van der Waals surface area contributed by atoms with Crippen LogP contribution in [0, 0.1) is 0 Å². The van der Waals surface area contributed by atoms with Crippen LogP contribution in [0.15, 0.2) is 23.4 Å². The number of hydrogen-bond donors (Lipinski definition) is 1. The molecule has 1 aromatic rings. The summed E-state index contributed by atoms with van der Waals surface area (Å²) in [4.78, 5) is 15.2. The van der Waals surface area contributed by atoms with Gasteiger partial charge < -0.3 is 9.84 Å². The minimum Gasteiger partial charge on any atom is -0.466 e. The molecule has 0 aliphatic carbocycles. The van der Waals surface area contributed by atoms with E-state index in [0.717, 1.165) is 5.03 Å². The summed E-state index contributed by atoms with van der Waals surface area (Å²) in [5.41, 5.74) is 0. The van der Waals surface area contributed by atoms with Crippen LogP contribution in [0.2, 0.25) is 5.02 Å². The number of pyridine rings is 1. The highest BCUT2D eigenvalue weighted by Gasteiger charge is 2.12. The molecular weight excluding hydrogens is 262 g/mol. The Morgan fingerprint density at radius 3 is 3.00 bits per heavy atom. The zero-order valence-corrected chi connectivity index (χ0v) is 11.0. The average molecular weight is 276 g/mol. The highest BCUT2D eigenvalue weighted by molar-refractivity contribution is 7.99. The third-order valence-corrected chi connectivity index (χ3v) is 3.14. The van der Waals surface area contributed by atoms with Gasteiger partial charge in [0.25, 0.3) is 0 Å². The first-order valence-electron chi connectivity index (χ1n) is 5.20. The van der Waals surface area contributed by atoms with Crippen molar-refractivity contribution < 1.29 is 14.6 Å². The molecule has 4 nitrogen and oxygen atoms in total. The topological polar surface area (TPSA) is 59.4 Å². The molecule has 0 bridgehead atoms. The fourth-order valence-corrected chi connectivity index (χ4v) is 1.98. The Labute approximate surface area is 109 Å². The molecule has 0 aromatic carbocycles. The molecule has 1 atom stereocenters. The summed E-state index contributed by atoms with van der Waals surface area (Å²) in [5.74, 6) is 0.0117. The van der Waals surface area contributed by atoms with Crippen molar-refractivity contribution in [3.05, 3.63) is 23.4 Å². The molecule has 0 saturated carbocycles. The average Bonchev–Trinajstić information content (AvgIpc) is 2.28. The number of carbonyl (C=O) groups excluding carboxylic acids is 1. The Morgan fingerprint density at radius 2 is 2.41 bits per heavy atom. The van der Waals surface area contributed by atoms with Crippen LogP contribution in [-0.4, -0.2) is 34.5 Å². The van der Waals surface area contributed by atoms with E-state index < -0.39 is 6.10 Å². The van der Waals surface area contributed by atoms with Crippen molar-refractivity contribution in [1.29, 1.82) is 0 Å². The van der Waals surface area contributed by atoms with Crippen molar-refractivity contribution in [3.63, 3.8) is 0 Å². The van der Waals surface area contributed by atoms with E-state index in [9.17, 15) is 9.90 Å². The zero-order chi connectivity index (χ0) is 12.7. The van der Waals surface area contributed by atoms with Gasteiger partial charge in [-0.25, -0.2) is 4.98 Å². The first-order valence-corrected chi connectivity index (χ1v) is 6.56. The van der Waals surface area contributed by atoms with E-state index in [0.29, 0.717) is 17.4 Å². The molecule has 1 aromatic heterocycles. The number of nitrogens with zero attached hydrogens (tertiary/aromatic N) is 1. The second-order valence-corrected chi connectivity index (χ2v) is 4.77. The smallest absolute Gasteiger partial charge is 0.308 e. The maximum atomic E-state index is 11.1. The van der Waals surface area contributed by atoms with Crippen molar-refractivity contribution in [2.24, 2.45) is 0 Å². The lowest BCUT2D eigenvalue weighted by Crippen LogP contribution is -2.17. The molecule has 1 N–H and O–H groups in total. The first-order chi connectivity index (χ1) is 8.11. The van der Waals surface area contributed by atoms with Crippen molar-refractivity contribution >= 4 is 29.3 Å². The fourth-order valence-electron chi connectivity index (χ4n) is 1.10. The molecule has 0 saturated heterocycles. The van der Waals surface area contributed by atoms with Gasteiger partial charge in [0.05, 0.1) is 29.2 Å². The van der Waals surface area contributed by atoms with Crippen LogP contribution < -0.4 is 0 Å². The third-order valence-electron chi connectivity index (χ3n) is 1.83. The normalized spacial score (nSPS) is 12.2. The van der Waals surface area contributed by atoms with Gasteiger partial charge in [0.2, 0.25) is 0 Å². The Morgan fingerprint density at radius 1 is 1.65 bits per heavy atom. The number of aliphatic hydroxyl groups is 1. The molecule has 1 heterocycles. The Bertz CT molecular complexity index is 358. The zero-order valence-electron chi connectivity index (χ0n) is 9.43. The number of aromatic nitrogens is 1. The number of esters is 1. The lowest BCUT2D eigenvalue weighted by molar-refractivity contribution is -0.144. The second kappa shape index (κ2) is 7.53. The van der Waals surface area contributed by atoms with E-state index in [1.807, 2.05) is 0 Å². The van der Waals surface area contributed by atoms with Crippen LogP contribution in [0.25, 0.3) is 0 Å². The predicted octanol–water partition coefficient (Wildman–Crippen LogP) is 2.14. The van der Waals surface area contributed by atoms with Crippen LogP contribution in [-0.2, 0) is 9.53 Å². The van der Waals surface area contributed by atoms with E-state index in [4.69, 9.17) is 16.3 Å². The van der Waals surface area contributed by atoms with Crippen LogP contribution >= 0.6 is 23.4 Å². The third kappa shape index (κ3) is 5.91. The molecule has 0 aliphatic heterocycles. The van der Waals surface area contributed by atoms with Gasteiger partial charge >= 0.3 is 5.97 Å². The van der Waals surface area contributed by atoms with Gasteiger partial charge in [-0.15, -0.1) is 11.8 Å². The monoisotopic (exact) mass is 275 g/mol. The summed E-state index contributed by atoms with van der Waals surface area (Å²) in [6, 6.07) is 3.50. The minimum atomic E-state index is -0.725. The maximum absolute atomic E-state index is 11.1. The standard InChI is InChI=1S/C11H14ClNO3S/c1-2-16-11(15)5-9(14)7-17-10-4-3-8(12)6-13-10/h3-4,6,9,14H,2,5,7H2,1H3. The number of ether oxygens (including phenoxy) is 1. The van der Waals surface area contributed by atoms with Crippen LogP contribution in [0.1, 0.15) is 13.3 Å². The molecule has 0 aliphatic rings. The summed E-state index contributed by atoms with van der Waals surface area (Å²) in [7, 11) is 0. The van der Waals surface area contributed by atoms with Gasteiger partial charge in [-0.05, 0) is 19.1 Å².